The monoisotopic (exact) mass is 448 g/mol. The Bertz CT molecular complexity index is 705. The second-order valence-electron chi connectivity index (χ2n) is 12.3. The van der Waals surface area contributed by atoms with Crippen LogP contribution in [-0.2, 0) is 13.9 Å². The molecule has 3 saturated carbocycles. The van der Waals surface area contributed by atoms with Crippen molar-refractivity contribution in [2.75, 3.05) is 13.2 Å². The van der Waals surface area contributed by atoms with Crippen LogP contribution < -0.4 is 0 Å². The average molecular weight is 449 g/mol. The summed E-state index contributed by atoms with van der Waals surface area (Å²) in [6.07, 6.45) is 8.56. The Balaban J connectivity index is 1.56. The van der Waals surface area contributed by atoms with E-state index in [0.717, 1.165) is 19.3 Å². The van der Waals surface area contributed by atoms with Crippen molar-refractivity contribution in [3.05, 3.63) is 0 Å². The lowest BCUT2D eigenvalue weighted by Crippen LogP contribution is -2.67. The van der Waals surface area contributed by atoms with E-state index in [1.165, 1.54) is 32.1 Å². The zero-order valence-electron chi connectivity index (χ0n) is 20.6. The lowest BCUT2D eigenvalue weighted by Gasteiger charge is -2.64. The van der Waals surface area contributed by atoms with Crippen LogP contribution in [0.15, 0.2) is 0 Å². The van der Waals surface area contributed by atoms with E-state index in [4.69, 9.17) is 13.9 Å². The fourth-order valence-electron chi connectivity index (χ4n) is 6.15. The Morgan fingerprint density at radius 3 is 2.32 bits per heavy atom. The standard InChI is InChI=1S/C26H44O4Si/c1-24(2,3)31(5,6)30-23(19-10-8-7-9-11-19)13-12-20-21-18-26(28-16-17-29-26)25(21,4)15-14-22(20)27/h19-23,27H,7-11,14-18H2,1-6H3/t20-,21-,22-,23+,25+/m0/s1. The third-order valence-electron chi connectivity index (χ3n) is 9.44. The van der Waals surface area contributed by atoms with Gasteiger partial charge in [0.1, 0.15) is 6.10 Å². The van der Waals surface area contributed by atoms with Crippen LogP contribution in [0.1, 0.15) is 79.1 Å². The van der Waals surface area contributed by atoms with Gasteiger partial charge < -0.3 is 19.0 Å². The van der Waals surface area contributed by atoms with Crippen LogP contribution in [0.25, 0.3) is 0 Å². The molecule has 31 heavy (non-hydrogen) atoms. The minimum atomic E-state index is -1.92. The van der Waals surface area contributed by atoms with Crippen LogP contribution in [0.2, 0.25) is 18.1 Å². The van der Waals surface area contributed by atoms with E-state index in [1.54, 1.807) is 0 Å². The van der Waals surface area contributed by atoms with Gasteiger partial charge in [0.25, 0.3) is 0 Å². The molecule has 3 aliphatic carbocycles. The minimum absolute atomic E-state index is 0.00501. The Labute approximate surface area is 190 Å². The predicted molar refractivity (Wildman–Crippen MR) is 126 cm³/mol. The van der Waals surface area contributed by atoms with E-state index in [9.17, 15) is 5.11 Å². The number of fused-ring (bicyclic) bond motifs is 2. The lowest BCUT2D eigenvalue weighted by atomic mass is 9.47. The van der Waals surface area contributed by atoms with Crippen LogP contribution in [0.3, 0.4) is 0 Å². The predicted octanol–water partition coefficient (Wildman–Crippen LogP) is 5.50. The first-order valence-electron chi connectivity index (χ1n) is 12.6. The summed E-state index contributed by atoms with van der Waals surface area (Å²) in [6.45, 7) is 15.2. The maximum absolute atomic E-state index is 10.9. The van der Waals surface area contributed by atoms with Gasteiger partial charge in [-0.3, -0.25) is 0 Å². The van der Waals surface area contributed by atoms with E-state index in [-0.39, 0.29) is 28.6 Å². The van der Waals surface area contributed by atoms with Crippen molar-refractivity contribution in [1.82, 2.24) is 0 Å². The first kappa shape index (κ1) is 23.8. The van der Waals surface area contributed by atoms with Crippen LogP contribution in [0.5, 0.6) is 0 Å². The van der Waals surface area contributed by atoms with Gasteiger partial charge in [0, 0.05) is 11.8 Å². The number of aliphatic hydroxyl groups excluding tert-OH is 1. The molecular weight excluding hydrogens is 404 g/mol. The molecule has 1 aliphatic heterocycles. The molecule has 0 bridgehead atoms. The molecule has 4 rings (SSSR count). The summed E-state index contributed by atoms with van der Waals surface area (Å²) < 4.78 is 19.1. The Morgan fingerprint density at radius 2 is 1.71 bits per heavy atom. The first-order valence-corrected chi connectivity index (χ1v) is 15.5. The second-order valence-corrected chi connectivity index (χ2v) is 17.1. The number of aliphatic hydroxyl groups is 1. The molecule has 1 spiro atoms. The number of hydrogen-bond acceptors (Lipinski definition) is 4. The van der Waals surface area contributed by atoms with Crippen molar-refractivity contribution in [3.8, 4) is 11.8 Å². The van der Waals surface area contributed by atoms with Crippen molar-refractivity contribution in [3.63, 3.8) is 0 Å². The Morgan fingerprint density at radius 1 is 1.06 bits per heavy atom. The average Bonchev–Trinajstić information content (AvgIpc) is 3.21. The molecule has 0 unspecified atom stereocenters. The van der Waals surface area contributed by atoms with Gasteiger partial charge in [0.2, 0.25) is 0 Å². The lowest BCUT2D eigenvalue weighted by molar-refractivity contribution is -0.344. The summed E-state index contributed by atoms with van der Waals surface area (Å²) in [4.78, 5) is 0. The molecule has 0 radical (unpaired) electrons. The van der Waals surface area contributed by atoms with Crippen molar-refractivity contribution in [2.45, 2.75) is 115 Å². The van der Waals surface area contributed by atoms with E-state index in [2.05, 4.69) is 52.6 Å². The highest BCUT2D eigenvalue weighted by Gasteiger charge is 2.69. The van der Waals surface area contributed by atoms with E-state index in [0.29, 0.717) is 25.0 Å². The highest BCUT2D eigenvalue weighted by molar-refractivity contribution is 6.74. The highest BCUT2D eigenvalue weighted by atomic mass is 28.4. The minimum Gasteiger partial charge on any atom is -0.403 e. The largest absolute Gasteiger partial charge is 0.403 e. The van der Waals surface area contributed by atoms with Crippen molar-refractivity contribution < 1.29 is 19.0 Å². The molecule has 4 nitrogen and oxygen atoms in total. The van der Waals surface area contributed by atoms with Crippen LogP contribution in [0, 0.1) is 35.0 Å². The van der Waals surface area contributed by atoms with Gasteiger partial charge in [-0.1, -0.05) is 58.8 Å². The van der Waals surface area contributed by atoms with Gasteiger partial charge in [-0.2, -0.15) is 0 Å². The van der Waals surface area contributed by atoms with Crippen LogP contribution >= 0.6 is 0 Å². The van der Waals surface area contributed by atoms with Gasteiger partial charge in [0.15, 0.2) is 14.1 Å². The van der Waals surface area contributed by atoms with E-state index >= 15 is 0 Å². The molecule has 176 valence electrons. The number of hydrogen-bond donors (Lipinski definition) is 1. The maximum Gasteiger partial charge on any atom is 0.193 e. The van der Waals surface area contributed by atoms with Crippen molar-refractivity contribution >= 4 is 8.32 Å². The molecule has 1 heterocycles. The number of ether oxygens (including phenoxy) is 2. The maximum atomic E-state index is 10.9. The molecule has 0 aromatic heterocycles. The molecule has 5 atom stereocenters. The molecule has 4 aliphatic rings. The zero-order chi connectivity index (χ0) is 22.5. The van der Waals surface area contributed by atoms with Gasteiger partial charge in [-0.05, 0) is 55.7 Å². The topological polar surface area (TPSA) is 47.9 Å². The van der Waals surface area contributed by atoms with E-state index < -0.39 is 14.1 Å². The number of rotatable bonds is 3. The molecule has 4 fully saturated rings. The molecule has 0 aromatic carbocycles. The Kier molecular flexibility index (Phi) is 6.47. The summed E-state index contributed by atoms with van der Waals surface area (Å²) in [6, 6.07) is 0. The molecule has 1 saturated heterocycles. The van der Waals surface area contributed by atoms with Crippen molar-refractivity contribution in [1.29, 1.82) is 0 Å². The summed E-state index contributed by atoms with van der Waals surface area (Å²) in [5, 5.41) is 11.1. The summed E-state index contributed by atoms with van der Waals surface area (Å²) in [7, 11) is -1.92. The highest BCUT2D eigenvalue weighted by Crippen LogP contribution is 2.66. The van der Waals surface area contributed by atoms with Crippen LogP contribution in [-0.4, -0.2) is 44.6 Å². The summed E-state index contributed by atoms with van der Waals surface area (Å²) in [5.74, 6) is 7.63. The quantitative estimate of drug-likeness (QED) is 0.457. The summed E-state index contributed by atoms with van der Waals surface area (Å²) >= 11 is 0. The second kappa shape index (κ2) is 8.44. The molecular formula is C26H44O4Si. The smallest absolute Gasteiger partial charge is 0.193 e. The zero-order valence-corrected chi connectivity index (χ0v) is 21.6. The van der Waals surface area contributed by atoms with Gasteiger partial charge in [0.05, 0.1) is 25.2 Å². The molecule has 5 heteroatoms. The first-order chi connectivity index (χ1) is 14.5. The molecule has 0 aromatic rings. The van der Waals surface area contributed by atoms with Gasteiger partial charge in [-0.25, -0.2) is 0 Å². The summed E-state index contributed by atoms with van der Waals surface area (Å²) in [5.41, 5.74) is -0.0390. The molecule has 0 amide bonds. The van der Waals surface area contributed by atoms with E-state index in [1.807, 2.05) is 0 Å². The normalized spacial score (nSPS) is 36.9. The van der Waals surface area contributed by atoms with Crippen molar-refractivity contribution in [2.24, 2.45) is 23.2 Å². The van der Waals surface area contributed by atoms with Gasteiger partial charge in [-0.15, -0.1) is 0 Å². The third kappa shape index (κ3) is 4.17. The molecule has 1 N–H and O–H groups in total. The van der Waals surface area contributed by atoms with Crippen LogP contribution in [0.4, 0.5) is 0 Å². The SMILES string of the molecule is CC(C)(C)[Si](C)(C)O[C@H](C#C[C@@H]1[C@@H](O)CC[C@]2(C)[C@H]1CC21OCCO1)C1CCCCC1. The Hall–Kier alpha value is -0.383. The third-order valence-corrected chi connectivity index (χ3v) is 13.9. The fraction of sp³-hybridized carbons (Fsp3) is 0.923. The van der Waals surface area contributed by atoms with Gasteiger partial charge >= 0.3 is 0 Å². The fourth-order valence-corrected chi connectivity index (χ4v) is 7.39.